The van der Waals surface area contributed by atoms with Gasteiger partial charge in [-0.05, 0) is 30.3 Å². The van der Waals surface area contributed by atoms with Crippen molar-refractivity contribution in [3.63, 3.8) is 0 Å². The molecule has 0 aromatic heterocycles. The highest BCUT2D eigenvalue weighted by Gasteiger charge is 2.26. The Labute approximate surface area is 159 Å². The van der Waals surface area contributed by atoms with E-state index in [1.807, 2.05) is 0 Å². The van der Waals surface area contributed by atoms with Gasteiger partial charge in [0.05, 0.1) is 18.2 Å². The van der Waals surface area contributed by atoms with Gasteiger partial charge in [0.2, 0.25) is 0 Å². The number of fused-ring (bicyclic) bond motifs is 1. The molecule has 0 fully saturated rings. The van der Waals surface area contributed by atoms with Crippen LogP contribution in [0.4, 0.5) is 0 Å². The molecule has 0 aliphatic rings. The third-order valence-corrected chi connectivity index (χ3v) is 5.29. The summed E-state index contributed by atoms with van der Waals surface area (Å²) in [4.78, 5) is 22.7. The number of ether oxygens (including phenoxy) is 1. The van der Waals surface area contributed by atoms with Gasteiger partial charge in [0, 0.05) is 10.8 Å². The monoisotopic (exact) mass is 402 g/mol. The maximum atomic E-state index is 12.9. The highest BCUT2D eigenvalue weighted by molar-refractivity contribution is 7.87. The fraction of sp³-hybridized carbons (Fsp3) is 0.0526. The Balaban J connectivity index is 2.26. The topological polar surface area (TPSA) is 127 Å². The summed E-state index contributed by atoms with van der Waals surface area (Å²) in [5, 5.41) is 18.5. The van der Waals surface area contributed by atoms with E-state index < -0.39 is 22.1 Å². The highest BCUT2D eigenvalue weighted by Crippen LogP contribution is 2.33. The first-order valence-corrected chi connectivity index (χ1v) is 9.27. The molecular formula is C19H14O8S. The molecule has 0 amide bonds. The molecule has 0 atom stereocenters. The number of methoxy groups -OCH3 is 1. The maximum absolute atomic E-state index is 12.9. The highest BCUT2D eigenvalue weighted by atomic mass is 32.2. The first-order chi connectivity index (χ1) is 13.3. The normalized spacial score (nSPS) is 11.2. The summed E-state index contributed by atoms with van der Waals surface area (Å²) in [5.74, 6) is -2.64. The van der Waals surface area contributed by atoms with Gasteiger partial charge in [-0.2, -0.15) is 8.42 Å². The second-order valence-electron chi connectivity index (χ2n) is 5.64. The Bertz CT molecular complexity index is 1180. The molecule has 28 heavy (non-hydrogen) atoms. The van der Waals surface area contributed by atoms with Crippen molar-refractivity contribution in [1.29, 1.82) is 0 Å². The Morgan fingerprint density at radius 3 is 2.04 bits per heavy atom. The molecule has 3 rings (SSSR count). The van der Waals surface area contributed by atoms with Gasteiger partial charge in [0.15, 0.2) is 11.5 Å². The number of rotatable bonds is 6. The SMILES string of the molecule is COc1ccccc1OS(=O)(=O)c1ccc(C(=O)O)c2c(C(=O)O)cccc12. The van der Waals surface area contributed by atoms with Crippen molar-refractivity contribution in [2.24, 2.45) is 0 Å². The van der Waals surface area contributed by atoms with Gasteiger partial charge in [-0.3, -0.25) is 0 Å². The summed E-state index contributed by atoms with van der Waals surface area (Å²) in [6.07, 6.45) is 0. The van der Waals surface area contributed by atoms with Crippen LogP contribution in [0.3, 0.4) is 0 Å². The Morgan fingerprint density at radius 2 is 1.43 bits per heavy atom. The number of hydrogen-bond acceptors (Lipinski definition) is 6. The van der Waals surface area contributed by atoms with Gasteiger partial charge < -0.3 is 19.1 Å². The maximum Gasteiger partial charge on any atom is 0.339 e. The number of carboxylic acid groups (broad SMARTS) is 2. The summed E-state index contributed by atoms with van der Waals surface area (Å²) in [6, 6.07) is 12.1. The molecular weight excluding hydrogens is 388 g/mol. The molecule has 0 aliphatic carbocycles. The summed E-state index contributed by atoms with van der Waals surface area (Å²) in [5.41, 5.74) is -0.659. The molecule has 0 saturated carbocycles. The van der Waals surface area contributed by atoms with Crippen molar-refractivity contribution in [3.05, 3.63) is 65.7 Å². The van der Waals surface area contributed by atoms with Gasteiger partial charge in [-0.1, -0.05) is 24.3 Å². The second kappa shape index (κ2) is 7.20. The van der Waals surface area contributed by atoms with Crippen LogP contribution in [0.25, 0.3) is 10.8 Å². The third kappa shape index (κ3) is 3.35. The quantitative estimate of drug-likeness (QED) is 0.602. The van der Waals surface area contributed by atoms with Gasteiger partial charge in [0.25, 0.3) is 0 Å². The molecule has 144 valence electrons. The average Bonchev–Trinajstić information content (AvgIpc) is 2.66. The number of benzene rings is 3. The Kier molecular flexibility index (Phi) is 4.93. The molecule has 0 unspecified atom stereocenters. The van der Waals surface area contributed by atoms with E-state index in [1.165, 1.54) is 37.4 Å². The largest absolute Gasteiger partial charge is 0.493 e. The summed E-state index contributed by atoms with van der Waals surface area (Å²) < 4.78 is 36.0. The zero-order valence-electron chi connectivity index (χ0n) is 14.4. The van der Waals surface area contributed by atoms with E-state index in [4.69, 9.17) is 8.92 Å². The van der Waals surface area contributed by atoms with Crippen LogP contribution in [0.1, 0.15) is 20.7 Å². The van der Waals surface area contributed by atoms with Crippen molar-refractivity contribution in [2.45, 2.75) is 4.90 Å². The molecule has 0 spiro atoms. The average molecular weight is 402 g/mol. The van der Waals surface area contributed by atoms with Crippen molar-refractivity contribution >= 4 is 32.8 Å². The summed E-state index contributed by atoms with van der Waals surface area (Å²) in [7, 11) is -3.07. The number of aromatic carboxylic acids is 2. The van der Waals surface area contributed by atoms with Crippen molar-refractivity contribution < 1.29 is 37.1 Å². The van der Waals surface area contributed by atoms with Crippen molar-refractivity contribution in [3.8, 4) is 11.5 Å². The number of carboxylic acids is 2. The molecule has 0 saturated heterocycles. The third-order valence-electron chi connectivity index (χ3n) is 4.00. The fourth-order valence-electron chi connectivity index (χ4n) is 2.81. The lowest BCUT2D eigenvalue weighted by Crippen LogP contribution is -2.13. The van der Waals surface area contributed by atoms with E-state index in [0.29, 0.717) is 0 Å². The molecule has 0 radical (unpaired) electrons. The minimum absolute atomic E-state index is 0.0603. The molecule has 2 N–H and O–H groups in total. The Hall–Kier alpha value is -3.59. The van der Waals surface area contributed by atoms with Crippen LogP contribution in [-0.4, -0.2) is 37.7 Å². The summed E-state index contributed by atoms with van der Waals surface area (Å²) >= 11 is 0. The molecule has 3 aromatic carbocycles. The van der Waals surface area contributed by atoms with Crippen LogP contribution < -0.4 is 8.92 Å². The van der Waals surface area contributed by atoms with Gasteiger partial charge in [0.1, 0.15) is 4.90 Å². The lowest BCUT2D eigenvalue weighted by atomic mass is 9.99. The minimum atomic E-state index is -4.42. The fourth-order valence-corrected chi connectivity index (χ4v) is 3.94. The van der Waals surface area contributed by atoms with E-state index in [-0.39, 0.29) is 38.3 Å². The number of carbonyl (C=O) groups is 2. The molecule has 3 aromatic rings. The van der Waals surface area contributed by atoms with Gasteiger partial charge >= 0.3 is 22.1 Å². The van der Waals surface area contributed by atoms with Crippen LogP contribution in [0.5, 0.6) is 11.5 Å². The zero-order valence-corrected chi connectivity index (χ0v) is 15.3. The van der Waals surface area contributed by atoms with E-state index >= 15 is 0 Å². The van der Waals surface area contributed by atoms with Crippen LogP contribution in [0.2, 0.25) is 0 Å². The predicted octanol–water partition coefficient (Wildman–Crippen LogP) is 3.01. The van der Waals surface area contributed by atoms with Crippen molar-refractivity contribution in [2.75, 3.05) is 7.11 Å². The number of hydrogen-bond donors (Lipinski definition) is 2. The lowest BCUT2D eigenvalue weighted by molar-refractivity contribution is 0.0695. The molecule has 0 heterocycles. The van der Waals surface area contributed by atoms with E-state index in [1.54, 1.807) is 12.1 Å². The van der Waals surface area contributed by atoms with Crippen LogP contribution in [0, 0.1) is 0 Å². The minimum Gasteiger partial charge on any atom is -0.493 e. The van der Waals surface area contributed by atoms with Gasteiger partial charge in [-0.25, -0.2) is 9.59 Å². The smallest absolute Gasteiger partial charge is 0.339 e. The van der Waals surface area contributed by atoms with E-state index in [9.17, 15) is 28.2 Å². The predicted molar refractivity (Wildman–Crippen MR) is 98.7 cm³/mol. The molecule has 8 nitrogen and oxygen atoms in total. The molecule has 0 bridgehead atoms. The lowest BCUT2D eigenvalue weighted by Gasteiger charge is -2.14. The van der Waals surface area contributed by atoms with Crippen LogP contribution in [-0.2, 0) is 10.1 Å². The second-order valence-corrected chi connectivity index (χ2v) is 7.15. The van der Waals surface area contributed by atoms with Crippen LogP contribution >= 0.6 is 0 Å². The molecule has 0 aliphatic heterocycles. The first kappa shape index (κ1) is 19.2. The standard InChI is InChI=1S/C19H14O8S/c1-26-14-7-2-3-8-15(14)27-28(24,25)16-10-9-13(19(22)23)17-11(16)5-4-6-12(17)18(20)21/h2-10H,1H3,(H,20,21)(H,22,23). The molecule has 9 heteroatoms. The van der Waals surface area contributed by atoms with Gasteiger partial charge in [-0.15, -0.1) is 0 Å². The van der Waals surface area contributed by atoms with E-state index in [0.717, 1.165) is 12.1 Å². The summed E-state index contributed by atoms with van der Waals surface area (Å²) in [6.45, 7) is 0. The van der Waals surface area contributed by atoms with Crippen molar-refractivity contribution in [1.82, 2.24) is 0 Å². The van der Waals surface area contributed by atoms with E-state index in [2.05, 4.69) is 0 Å². The number of para-hydroxylation sites is 2. The van der Waals surface area contributed by atoms with Crippen LogP contribution in [0.15, 0.2) is 59.5 Å². The Morgan fingerprint density at radius 1 is 0.821 bits per heavy atom. The first-order valence-electron chi connectivity index (χ1n) is 7.86. The zero-order chi connectivity index (χ0) is 20.5.